The summed E-state index contributed by atoms with van der Waals surface area (Å²) >= 11 is 6.41. The molecule has 0 aliphatic carbocycles. The lowest BCUT2D eigenvalue weighted by Gasteiger charge is -2.35. The van der Waals surface area contributed by atoms with Gasteiger partial charge in [-0.3, -0.25) is 13.9 Å². The number of carbonyl (C=O) groups excluding carboxylic acids is 2. The molecule has 2 amide bonds. The van der Waals surface area contributed by atoms with Crippen LogP contribution in [0.2, 0.25) is 5.02 Å². The maximum Gasteiger partial charge on any atom is 0.265 e. The first-order valence-corrected chi connectivity index (χ1v) is 17.8. The molecule has 0 aromatic heterocycles. The summed E-state index contributed by atoms with van der Waals surface area (Å²) in [7, 11) is -0.257. The van der Waals surface area contributed by atoms with Gasteiger partial charge in [-0.1, -0.05) is 66.2 Å². The summed E-state index contributed by atoms with van der Waals surface area (Å²) in [5.41, 5.74) is 1.97. The molecule has 0 aliphatic rings. The molecule has 1 atom stereocenters. The van der Waals surface area contributed by atoms with Gasteiger partial charge < -0.3 is 24.4 Å². The smallest absolute Gasteiger partial charge is 0.265 e. The second kappa shape index (κ2) is 16.3. The number of hydrogen-bond acceptors (Lipinski definition) is 7. The van der Waals surface area contributed by atoms with Crippen molar-refractivity contribution < 1.29 is 32.2 Å². The zero-order valence-corrected chi connectivity index (χ0v) is 31.0. The number of halogens is 1. The van der Waals surface area contributed by atoms with Crippen LogP contribution in [0.4, 0.5) is 5.69 Å². The van der Waals surface area contributed by atoms with Crippen LogP contribution in [0, 0.1) is 6.92 Å². The second-order valence-electron chi connectivity index (χ2n) is 12.7. The van der Waals surface area contributed by atoms with Crippen molar-refractivity contribution in [1.29, 1.82) is 0 Å². The van der Waals surface area contributed by atoms with E-state index in [-0.39, 0.29) is 46.0 Å². The first-order valence-electron chi connectivity index (χ1n) is 16.0. The van der Waals surface area contributed by atoms with Crippen LogP contribution in [0.5, 0.6) is 17.2 Å². The molecule has 0 fully saturated rings. The van der Waals surface area contributed by atoms with Gasteiger partial charge in [0, 0.05) is 29.6 Å². The van der Waals surface area contributed by atoms with Gasteiger partial charge in [-0.25, -0.2) is 8.42 Å². The Hall–Kier alpha value is -4.74. The minimum Gasteiger partial charge on any atom is -0.495 e. The molecule has 0 bridgehead atoms. The Morgan fingerprint density at radius 2 is 1.44 bits per heavy atom. The molecule has 1 N–H and O–H groups in total. The van der Waals surface area contributed by atoms with Gasteiger partial charge in [0.2, 0.25) is 11.8 Å². The summed E-state index contributed by atoms with van der Waals surface area (Å²) in [5, 5.41) is 3.26. The molecule has 0 aliphatic heterocycles. The number of sulfonamides is 1. The van der Waals surface area contributed by atoms with E-state index >= 15 is 0 Å². The van der Waals surface area contributed by atoms with E-state index in [9.17, 15) is 18.0 Å². The molecule has 50 heavy (non-hydrogen) atoms. The van der Waals surface area contributed by atoms with Gasteiger partial charge in [0.1, 0.15) is 18.3 Å². The Morgan fingerprint density at radius 3 is 2.06 bits per heavy atom. The highest BCUT2D eigenvalue weighted by molar-refractivity contribution is 7.92. The molecule has 0 heterocycles. The fraction of sp³-hybridized carbons (Fsp3) is 0.316. The van der Waals surface area contributed by atoms with Crippen LogP contribution in [-0.2, 0) is 32.6 Å². The largest absolute Gasteiger partial charge is 0.495 e. The van der Waals surface area contributed by atoms with E-state index in [1.54, 1.807) is 6.07 Å². The summed E-state index contributed by atoms with van der Waals surface area (Å²) in [4.78, 5) is 30.3. The van der Waals surface area contributed by atoms with Crippen molar-refractivity contribution in [3.63, 3.8) is 0 Å². The molecule has 0 spiro atoms. The predicted molar refractivity (Wildman–Crippen MR) is 196 cm³/mol. The van der Waals surface area contributed by atoms with Gasteiger partial charge in [0.15, 0.2) is 11.5 Å². The van der Waals surface area contributed by atoms with E-state index < -0.39 is 34.1 Å². The number of benzene rings is 4. The van der Waals surface area contributed by atoms with Crippen molar-refractivity contribution in [3.05, 3.63) is 113 Å². The van der Waals surface area contributed by atoms with Crippen LogP contribution >= 0.6 is 11.6 Å². The number of ether oxygens (including phenoxy) is 3. The fourth-order valence-corrected chi connectivity index (χ4v) is 7.05. The lowest BCUT2D eigenvalue weighted by molar-refractivity contribution is -0.140. The standard InChI is InChI=1S/C38H44ClN3O7S/c1-26-13-11-12-16-28(26)24-41(32(37(44)40-38(2,3)4)21-27-14-9-8-10-15-27)36(43)25-42(31-22-29(39)17-19-33(31)47-5)50(45,46)30-18-20-34(48-6)35(23-30)49-7/h8-20,22-23,32H,21,24-25H2,1-7H3,(H,40,44)/t32-/m0/s1. The van der Waals surface area contributed by atoms with Crippen molar-refractivity contribution in [2.45, 2.75) is 57.1 Å². The van der Waals surface area contributed by atoms with E-state index in [1.165, 1.54) is 56.6 Å². The average Bonchev–Trinajstić information content (AvgIpc) is 3.08. The molecule has 0 saturated carbocycles. The minimum atomic E-state index is -4.49. The Bertz CT molecular complexity index is 1910. The first-order chi connectivity index (χ1) is 23.7. The van der Waals surface area contributed by atoms with Crippen LogP contribution in [0.3, 0.4) is 0 Å². The highest BCUT2D eigenvalue weighted by Crippen LogP contribution is 2.37. The average molecular weight is 722 g/mol. The monoisotopic (exact) mass is 721 g/mol. The van der Waals surface area contributed by atoms with Crippen LogP contribution in [0.25, 0.3) is 0 Å². The lowest BCUT2D eigenvalue weighted by Crippen LogP contribution is -2.56. The fourth-order valence-electron chi connectivity index (χ4n) is 5.45. The molecule has 4 rings (SSSR count). The van der Waals surface area contributed by atoms with E-state index in [0.29, 0.717) is 5.75 Å². The van der Waals surface area contributed by atoms with E-state index in [0.717, 1.165) is 21.0 Å². The second-order valence-corrected chi connectivity index (χ2v) is 15.0. The van der Waals surface area contributed by atoms with E-state index in [2.05, 4.69) is 5.32 Å². The number of nitrogens with one attached hydrogen (secondary N) is 1. The third-order valence-electron chi connectivity index (χ3n) is 8.00. The lowest BCUT2D eigenvalue weighted by atomic mass is 10.00. The highest BCUT2D eigenvalue weighted by atomic mass is 35.5. The SMILES string of the molecule is COc1ccc(S(=O)(=O)N(CC(=O)N(Cc2ccccc2C)[C@@H](Cc2ccccc2)C(=O)NC(C)(C)C)c2cc(Cl)ccc2OC)cc1OC. The molecule has 4 aromatic rings. The number of methoxy groups -OCH3 is 3. The Morgan fingerprint density at radius 1 is 0.820 bits per heavy atom. The van der Waals surface area contributed by atoms with Crippen LogP contribution in [0.15, 0.2) is 95.9 Å². The number of anilines is 1. The summed E-state index contributed by atoms with van der Waals surface area (Å²) in [6.07, 6.45) is 0.184. The minimum absolute atomic E-state index is 0.0392. The molecule has 0 saturated heterocycles. The zero-order valence-electron chi connectivity index (χ0n) is 29.4. The summed E-state index contributed by atoms with van der Waals surface area (Å²) in [6, 6.07) is 24.6. The maximum atomic E-state index is 14.9. The molecule has 10 nitrogen and oxygen atoms in total. The molecule has 266 valence electrons. The maximum absolute atomic E-state index is 14.9. The van der Waals surface area contributed by atoms with Gasteiger partial charge >= 0.3 is 0 Å². The van der Waals surface area contributed by atoms with Crippen molar-refractivity contribution in [3.8, 4) is 17.2 Å². The normalized spacial score (nSPS) is 12.1. The third-order valence-corrected chi connectivity index (χ3v) is 9.99. The van der Waals surface area contributed by atoms with E-state index in [1.807, 2.05) is 82.3 Å². The summed E-state index contributed by atoms with van der Waals surface area (Å²) in [6.45, 7) is 6.86. The third kappa shape index (κ3) is 9.28. The molecule has 4 aromatic carbocycles. The van der Waals surface area contributed by atoms with Crippen molar-refractivity contribution >= 4 is 39.1 Å². The van der Waals surface area contributed by atoms with Crippen LogP contribution in [-0.4, -0.2) is 64.6 Å². The van der Waals surface area contributed by atoms with Gasteiger partial charge in [0.25, 0.3) is 10.0 Å². The molecular formula is C38H44ClN3O7S. The Balaban J connectivity index is 1.90. The van der Waals surface area contributed by atoms with Gasteiger partial charge in [-0.15, -0.1) is 0 Å². The number of rotatable bonds is 14. The highest BCUT2D eigenvalue weighted by Gasteiger charge is 2.37. The Kier molecular flexibility index (Phi) is 12.4. The molecule has 0 unspecified atom stereocenters. The Labute approximate surface area is 300 Å². The van der Waals surface area contributed by atoms with Gasteiger partial charge in [0.05, 0.1) is 31.9 Å². The van der Waals surface area contributed by atoms with Crippen molar-refractivity contribution in [1.82, 2.24) is 10.2 Å². The van der Waals surface area contributed by atoms with Crippen LogP contribution in [0.1, 0.15) is 37.5 Å². The van der Waals surface area contributed by atoms with Gasteiger partial charge in [-0.05, 0) is 74.7 Å². The number of nitrogens with zero attached hydrogens (tertiary/aromatic N) is 2. The van der Waals surface area contributed by atoms with Crippen molar-refractivity contribution in [2.75, 3.05) is 32.2 Å². The van der Waals surface area contributed by atoms with E-state index in [4.69, 9.17) is 25.8 Å². The number of aryl methyl sites for hydroxylation is 1. The van der Waals surface area contributed by atoms with Crippen LogP contribution < -0.4 is 23.8 Å². The summed E-state index contributed by atoms with van der Waals surface area (Å²) in [5.74, 6) is -0.321. The molecule has 12 heteroatoms. The summed E-state index contributed by atoms with van der Waals surface area (Å²) < 4.78 is 46.5. The quantitative estimate of drug-likeness (QED) is 0.160. The zero-order chi connectivity index (χ0) is 36.6. The number of amides is 2. The molecule has 0 radical (unpaired) electrons. The van der Waals surface area contributed by atoms with Gasteiger partial charge in [-0.2, -0.15) is 0 Å². The molecular weight excluding hydrogens is 678 g/mol. The first kappa shape index (κ1) is 38.1. The number of hydrogen-bond donors (Lipinski definition) is 1. The number of carbonyl (C=O) groups is 2. The van der Waals surface area contributed by atoms with Crippen molar-refractivity contribution in [2.24, 2.45) is 0 Å². The topological polar surface area (TPSA) is 114 Å². The predicted octanol–water partition coefficient (Wildman–Crippen LogP) is 6.42.